The molecule has 16 heavy (non-hydrogen) atoms. The number of carbonyl (C=O) groups is 1. The molecule has 1 N–H and O–H groups in total. The lowest BCUT2D eigenvalue weighted by molar-refractivity contribution is -0.134. The molecule has 0 aromatic rings. The van der Waals surface area contributed by atoms with Crippen molar-refractivity contribution in [2.24, 2.45) is 11.8 Å². The molecule has 2 rings (SSSR count). The van der Waals surface area contributed by atoms with Crippen LogP contribution in [-0.4, -0.2) is 62.0 Å². The van der Waals surface area contributed by atoms with E-state index in [0.29, 0.717) is 17.9 Å². The monoisotopic (exact) mass is 225 g/mol. The summed E-state index contributed by atoms with van der Waals surface area (Å²) in [7, 11) is 4.21. The Bertz CT molecular complexity index is 261. The predicted octanol–water partition coefficient (Wildman–Crippen LogP) is 0.00440. The maximum Gasteiger partial charge on any atom is 0.227 e. The standard InChI is InChI=1S/C12H23N3O/c1-9-7-15(8-11(9)14(2)3)12(16)10-4-5-13-6-10/h9-11,13H,4-8H2,1-3H3. The number of amides is 1. The smallest absolute Gasteiger partial charge is 0.227 e. The molecule has 2 aliphatic heterocycles. The van der Waals surface area contributed by atoms with Crippen molar-refractivity contribution in [2.45, 2.75) is 19.4 Å². The molecular weight excluding hydrogens is 202 g/mol. The van der Waals surface area contributed by atoms with Crippen molar-refractivity contribution in [3.63, 3.8) is 0 Å². The van der Waals surface area contributed by atoms with E-state index in [4.69, 9.17) is 0 Å². The zero-order valence-electron chi connectivity index (χ0n) is 10.6. The highest BCUT2D eigenvalue weighted by atomic mass is 16.2. The van der Waals surface area contributed by atoms with Crippen LogP contribution in [0.3, 0.4) is 0 Å². The van der Waals surface area contributed by atoms with Gasteiger partial charge in [0.25, 0.3) is 0 Å². The molecule has 0 saturated carbocycles. The fourth-order valence-corrected chi connectivity index (χ4v) is 2.93. The SMILES string of the molecule is CC1CN(C(=O)C2CCNC2)CC1N(C)C. The number of nitrogens with zero attached hydrogens (tertiary/aromatic N) is 2. The molecule has 3 unspecified atom stereocenters. The Labute approximate surface area is 98.0 Å². The first-order valence-electron chi connectivity index (χ1n) is 6.25. The van der Waals surface area contributed by atoms with Crippen molar-refractivity contribution in [3.05, 3.63) is 0 Å². The van der Waals surface area contributed by atoms with Crippen LogP contribution in [0.25, 0.3) is 0 Å². The minimum Gasteiger partial charge on any atom is -0.341 e. The van der Waals surface area contributed by atoms with Gasteiger partial charge in [0.2, 0.25) is 5.91 Å². The second-order valence-electron chi connectivity index (χ2n) is 5.44. The molecular formula is C12H23N3O. The largest absolute Gasteiger partial charge is 0.341 e. The average Bonchev–Trinajstić information content (AvgIpc) is 2.84. The second-order valence-corrected chi connectivity index (χ2v) is 5.44. The van der Waals surface area contributed by atoms with Gasteiger partial charge in [-0.05, 0) is 33.0 Å². The van der Waals surface area contributed by atoms with E-state index in [-0.39, 0.29) is 5.92 Å². The molecule has 0 radical (unpaired) electrons. The van der Waals surface area contributed by atoms with Gasteiger partial charge >= 0.3 is 0 Å². The third-order valence-electron chi connectivity index (χ3n) is 3.96. The van der Waals surface area contributed by atoms with E-state index < -0.39 is 0 Å². The van der Waals surface area contributed by atoms with Gasteiger partial charge in [-0.15, -0.1) is 0 Å². The molecule has 4 heteroatoms. The quantitative estimate of drug-likeness (QED) is 0.719. The van der Waals surface area contributed by atoms with Gasteiger partial charge in [0.1, 0.15) is 0 Å². The van der Waals surface area contributed by atoms with Crippen LogP contribution >= 0.6 is 0 Å². The Kier molecular flexibility index (Phi) is 3.50. The molecule has 92 valence electrons. The van der Waals surface area contributed by atoms with Crippen molar-refractivity contribution < 1.29 is 4.79 Å². The molecule has 1 amide bonds. The van der Waals surface area contributed by atoms with Crippen molar-refractivity contribution in [1.29, 1.82) is 0 Å². The summed E-state index contributed by atoms with van der Waals surface area (Å²) in [6.07, 6.45) is 1.01. The van der Waals surface area contributed by atoms with Crippen LogP contribution in [0.15, 0.2) is 0 Å². The molecule has 3 atom stereocenters. The lowest BCUT2D eigenvalue weighted by Gasteiger charge is -2.23. The zero-order valence-corrected chi connectivity index (χ0v) is 10.6. The number of likely N-dealkylation sites (N-methyl/N-ethyl adjacent to an activating group) is 1. The number of rotatable bonds is 2. The van der Waals surface area contributed by atoms with Crippen LogP contribution < -0.4 is 5.32 Å². The molecule has 2 fully saturated rings. The van der Waals surface area contributed by atoms with Crippen LogP contribution in [0.4, 0.5) is 0 Å². The Balaban J connectivity index is 1.94. The normalized spacial score (nSPS) is 35.0. The fourth-order valence-electron chi connectivity index (χ4n) is 2.93. The lowest BCUT2D eigenvalue weighted by Crippen LogP contribution is -2.38. The van der Waals surface area contributed by atoms with Crippen LogP contribution in [0, 0.1) is 11.8 Å². The van der Waals surface area contributed by atoms with Crippen LogP contribution in [0.2, 0.25) is 0 Å². The molecule has 0 aromatic carbocycles. The maximum absolute atomic E-state index is 12.2. The van der Waals surface area contributed by atoms with Crippen molar-refractivity contribution in [2.75, 3.05) is 40.3 Å². The first kappa shape index (κ1) is 11.9. The molecule has 0 aliphatic carbocycles. The van der Waals surface area contributed by atoms with Gasteiger partial charge in [-0.25, -0.2) is 0 Å². The molecule has 2 heterocycles. The molecule has 2 saturated heterocycles. The van der Waals surface area contributed by atoms with Crippen LogP contribution in [-0.2, 0) is 4.79 Å². The summed E-state index contributed by atoms with van der Waals surface area (Å²) >= 11 is 0. The third kappa shape index (κ3) is 2.23. The van der Waals surface area contributed by atoms with E-state index in [1.807, 2.05) is 0 Å². The highest BCUT2D eigenvalue weighted by Gasteiger charge is 2.36. The average molecular weight is 225 g/mol. The van der Waals surface area contributed by atoms with E-state index in [0.717, 1.165) is 32.6 Å². The van der Waals surface area contributed by atoms with Gasteiger partial charge in [0.15, 0.2) is 0 Å². The van der Waals surface area contributed by atoms with Crippen molar-refractivity contribution >= 4 is 5.91 Å². The van der Waals surface area contributed by atoms with E-state index in [2.05, 4.69) is 36.1 Å². The topological polar surface area (TPSA) is 35.6 Å². The lowest BCUT2D eigenvalue weighted by atomic mass is 10.1. The van der Waals surface area contributed by atoms with E-state index in [9.17, 15) is 4.79 Å². The first-order chi connectivity index (χ1) is 7.59. The number of nitrogens with one attached hydrogen (secondary N) is 1. The number of likely N-dealkylation sites (tertiary alicyclic amines) is 1. The van der Waals surface area contributed by atoms with Gasteiger partial charge in [-0.3, -0.25) is 4.79 Å². The first-order valence-corrected chi connectivity index (χ1v) is 6.25. The van der Waals surface area contributed by atoms with Gasteiger partial charge in [-0.1, -0.05) is 6.92 Å². The minimum absolute atomic E-state index is 0.230. The van der Waals surface area contributed by atoms with Crippen LogP contribution in [0.5, 0.6) is 0 Å². The van der Waals surface area contributed by atoms with Crippen molar-refractivity contribution in [1.82, 2.24) is 15.1 Å². The Morgan fingerprint density at radius 2 is 2.12 bits per heavy atom. The van der Waals surface area contributed by atoms with E-state index in [1.54, 1.807) is 0 Å². The number of hydrogen-bond acceptors (Lipinski definition) is 3. The van der Waals surface area contributed by atoms with Gasteiger partial charge in [0, 0.05) is 25.7 Å². The summed E-state index contributed by atoms with van der Waals surface area (Å²) in [6, 6.07) is 0.526. The van der Waals surface area contributed by atoms with Crippen molar-refractivity contribution in [3.8, 4) is 0 Å². The molecule has 0 spiro atoms. The van der Waals surface area contributed by atoms with E-state index in [1.165, 1.54) is 0 Å². The Morgan fingerprint density at radius 1 is 1.38 bits per heavy atom. The number of hydrogen-bond donors (Lipinski definition) is 1. The third-order valence-corrected chi connectivity index (χ3v) is 3.96. The summed E-state index contributed by atoms with van der Waals surface area (Å²) in [5, 5.41) is 3.26. The predicted molar refractivity (Wildman–Crippen MR) is 64.2 cm³/mol. The van der Waals surface area contributed by atoms with Crippen LogP contribution in [0.1, 0.15) is 13.3 Å². The summed E-state index contributed by atoms with van der Waals surface area (Å²) in [5.74, 6) is 1.18. The molecule has 0 bridgehead atoms. The second kappa shape index (κ2) is 4.72. The van der Waals surface area contributed by atoms with E-state index >= 15 is 0 Å². The minimum atomic E-state index is 0.230. The maximum atomic E-state index is 12.2. The van der Waals surface area contributed by atoms with Gasteiger partial charge < -0.3 is 15.1 Å². The highest BCUT2D eigenvalue weighted by molar-refractivity contribution is 5.79. The van der Waals surface area contributed by atoms with Gasteiger partial charge in [-0.2, -0.15) is 0 Å². The summed E-state index contributed by atoms with van der Waals surface area (Å²) < 4.78 is 0. The van der Waals surface area contributed by atoms with Gasteiger partial charge in [0.05, 0.1) is 5.92 Å². The highest BCUT2D eigenvalue weighted by Crippen LogP contribution is 2.23. The molecule has 0 aromatic heterocycles. The Hall–Kier alpha value is -0.610. The fraction of sp³-hybridized carbons (Fsp3) is 0.917. The summed E-state index contributed by atoms with van der Waals surface area (Å²) in [5.41, 5.74) is 0. The Morgan fingerprint density at radius 3 is 2.62 bits per heavy atom. The number of carbonyl (C=O) groups excluding carboxylic acids is 1. The zero-order chi connectivity index (χ0) is 11.7. The molecule has 2 aliphatic rings. The summed E-state index contributed by atoms with van der Waals surface area (Å²) in [4.78, 5) is 16.5. The molecule has 4 nitrogen and oxygen atoms in total. The summed E-state index contributed by atoms with van der Waals surface area (Å²) in [6.45, 7) is 5.94.